The highest BCUT2D eigenvalue weighted by Crippen LogP contribution is 2.19. The largest absolute Gasteiger partial charge is 0.493 e. The summed E-state index contributed by atoms with van der Waals surface area (Å²) in [5.74, 6) is 1.96. The maximum Gasteiger partial charge on any atom is 0.122 e. The zero-order chi connectivity index (χ0) is 14.2. The first-order chi connectivity index (χ1) is 9.79. The van der Waals surface area contributed by atoms with Crippen LogP contribution < -0.4 is 4.74 Å². The standard InChI is InChI=1S/C18H29NO/c1-3-17-10-4-5-11-18(17)20-14-7-6-12-19-13-8-9-16(2)15-19/h4-5,10-11,16H,3,6-9,12-15H2,1-2H3/t16-/m1/s1. The minimum Gasteiger partial charge on any atom is -0.493 e. The molecule has 1 aromatic rings. The van der Waals surface area contributed by atoms with Gasteiger partial charge in [-0.05, 0) is 62.7 Å². The normalized spacial score (nSPS) is 20.0. The van der Waals surface area contributed by atoms with Crippen LogP contribution in [0.5, 0.6) is 5.75 Å². The lowest BCUT2D eigenvalue weighted by atomic mass is 10.0. The highest BCUT2D eigenvalue weighted by molar-refractivity contribution is 5.33. The van der Waals surface area contributed by atoms with Crippen LogP contribution in [0.3, 0.4) is 0 Å². The van der Waals surface area contributed by atoms with Crippen LogP contribution in [-0.2, 0) is 6.42 Å². The smallest absolute Gasteiger partial charge is 0.122 e. The summed E-state index contributed by atoms with van der Waals surface area (Å²) < 4.78 is 5.92. The van der Waals surface area contributed by atoms with Gasteiger partial charge in [0, 0.05) is 6.54 Å². The summed E-state index contributed by atoms with van der Waals surface area (Å²) in [4.78, 5) is 2.62. The molecule has 0 aliphatic carbocycles. The van der Waals surface area contributed by atoms with Gasteiger partial charge in [-0.1, -0.05) is 32.0 Å². The minimum atomic E-state index is 0.848. The fourth-order valence-electron chi connectivity index (χ4n) is 3.05. The number of hydrogen-bond acceptors (Lipinski definition) is 2. The lowest BCUT2D eigenvalue weighted by Gasteiger charge is -2.30. The maximum absolute atomic E-state index is 5.92. The van der Waals surface area contributed by atoms with Gasteiger partial charge in [-0.2, -0.15) is 0 Å². The molecule has 1 fully saturated rings. The third-order valence-electron chi connectivity index (χ3n) is 4.22. The number of rotatable bonds is 7. The average Bonchev–Trinajstić information content (AvgIpc) is 2.47. The fourth-order valence-corrected chi connectivity index (χ4v) is 3.05. The molecule has 0 saturated carbocycles. The molecule has 112 valence electrons. The molecule has 1 atom stereocenters. The average molecular weight is 275 g/mol. The molecule has 2 heteroatoms. The first-order valence-corrected chi connectivity index (χ1v) is 8.22. The number of ether oxygens (including phenoxy) is 1. The van der Waals surface area contributed by atoms with Crippen LogP contribution in [-0.4, -0.2) is 31.1 Å². The molecule has 0 aromatic heterocycles. The van der Waals surface area contributed by atoms with E-state index in [2.05, 4.69) is 43.0 Å². The number of piperidine rings is 1. The van der Waals surface area contributed by atoms with Gasteiger partial charge in [0.1, 0.15) is 5.75 Å². The van der Waals surface area contributed by atoms with Gasteiger partial charge in [0.15, 0.2) is 0 Å². The van der Waals surface area contributed by atoms with Gasteiger partial charge in [-0.15, -0.1) is 0 Å². The quantitative estimate of drug-likeness (QED) is 0.693. The van der Waals surface area contributed by atoms with E-state index in [0.717, 1.165) is 31.1 Å². The van der Waals surface area contributed by atoms with E-state index in [1.54, 1.807) is 0 Å². The zero-order valence-electron chi connectivity index (χ0n) is 13.1. The fraction of sp³-hybridized carbons (Fsp3) is 0.667. The molecule has 1 aromatic carbocycles. The molecule has 0 amide bonds. The summed E-state index contributed by atoms with van der Waals surface area (Å²) in [6.45, 7) is 9.23. The molecule has 0 unspecified atom stereocenters. The third-order valence-corrected chi connectivity index (χ3v) is 4.22. The number of likely N-dealkylation sites (tertiary alicyclic amines) is 1. The van der Waals surface area contributed by atoms with Crippen LogP contribution >= 0.6 is 0 Å². The van der Waals surface area contributed by atoms with Crippen molar-refractivity contribution in [2.75, 3.05) is 26.2 Å². The second-order valence-corrected chi connectivity index (χ2v) is 6.06. The number of benzene rings is 1. The Kier molecular flexibility index (Phi) is 6.38. The van der Waals surface area contributed by atoms with Gasteiger partial charge in [-0.3, -0.25) is 0 Å². The van der Waals surface area contributed by atoms with Gasteiger partial charge in [0.05, 0.1) is 6.61 Å². The molecule has 1 saturated heterocycles. The van der Waals surface area contributed by atoms with Crippen molar-refractivity contribution in [3.63, 3.8) is 0 Å². The molecule has 1 aliphatic rings. The Morgan fingerprint density at radius 2 is 2.10 bits per heavy atom. The van der Waals surface area contributed by atoms with Crippen molar-refractivity contribution in [1.82, 2.24) is 4.90 Å². The summed E-state index contributed by atoms with van der Waals surface area (Å²) in [6.07, 6.45) is 6.24. The van der Waals surface area contributed by atoms with Crippen LogP contribution in [0.2, 0.25) is 0 Å². The number of nitrogens with zero attached hydrogens (tertiary/aromatic N) is 1. The molecule has 0 bridgehead atoms. The van der Waals surface area contributed by atoms with E-state index in [9.17, 15) is 0 Å². The first kappa shape index (κ1) is 15.4. The summed E-state index contributed by atoms with van der Waals surface area (Å²) in [5, 5.41) is 0. The van der Waals surface area contributed by atoms with Gasteiger partial charge < -0.3 is 9.64 Å². The highest BCUT2D eigenvalue weighted by atomic mass is 16.5. The van der Waals surface area contributed by atoms with Crippen molar-refractivity contribution in [2.45, 2.75) is 46.0 Å². The van der Waals surface area contributed by atoms with Gasteiger partial charge in [0.2, 0.25) is 0 Å². The van der Waals surface area contributed by atoms with E-state index in [4.69, 9.17) is 4.74 Å². The lowest BCUT2D eigenvalue weighted by Crippen LogP contribution is -2.35. The molecule has 0 radical (unpaired) electrons. The first-order valence-electron chi connectivity index (χ1n) is 8.22. The van der Waals surface area contributed by atoms with Gasteiger partial charge in [-0.25, -0.2) is 0 Å². The second-order valence-electron chi connectivity index (χ2n) is 6.06. The van der Waals surface area contributed by atoms with Crippen molar-refractivity contribution in [1.29, 1.82) is 0 Å². The Morgan fingerprint density at radius 3 is 2.90 bits per heavy atom. The Morgan fingerprint density at radius 1 is 1.25 bits per heavy atom. The van der Waals surface area contributed by atoms with Gasteiger partial charge in [0.25, 0.3) is 0 Å². The Hall–Kier alpha value is -1.02. The van der Waals surface area contributed by atoms with Crippen LogP contribution in [0.25, 0.3) is 0 Å². The van der Waals surface area contributed by atoms with Crippen molar-refractivity contribution >= 4 is 0 Å². The van der Waals surface area contributed by atoms with Crippen molar-refractivity contribution < 1.29 is 4.74 Å². The van der Waals surface area contributed by atoms with Crippen molar-refractivity contribution in [3.8, 4) is 5.75 Å². The van der Waals surface area contributed by atoms with Crippen molar-refractivity contribution in [3.05, 3.63) is 29.8 Å². The highest BCUT2D eigenvalue weighted by Gasteiger charge is 2.15. The molecular weight excluding hydrogens is 246 g/mol. The van der Waals surface area contributed by atoms with Crippen LogP contribution in [0.15, 0.2) is 24.3 Å². The van der Waals surface area contributed by atoms with Crippen LogP contribution in [0, 0.1) is 5.92 Å². The zero-order valence-corrected chi connectivity index (χ0v) is 13.1. The molecule has 0 N–H and O–H groups in total. The summed E-state index contributed by atoms with van der Waals surface area (Å²) >= 11 is 0. The van der Waals surface area contributed by atoms with Crippen molar-refractivity contribution in [2.24, 2.45) is 5.92 Å². The lowest BCUT2D eigenvalue weighted by molar-refractivity contribution is 0.177. The van der Waals surface area contributed by atoms with E-state index >= 15 is 0 Å². The topological polar surface area (TPSA) is 12.5 Å². The molecule has 2 nitrogen and oxygen atoms in total. The summed E-state index contributed by atoms with van der Waals surface area (Å²) in [7, 11) is 0. The number of unbranched alkanes of at least 4 members (excludes halogenated alkanes) is 1. The Labute approximate surface area is 124 Å². The van der Waals surface area contributed by atoms with Crippen LogP contribution in [0.1, 0.15) is 45.1 Å². The van der Waals surface area contributed by atoms with E-state index in [0.29, 0.717) is 0 Å². The number of para-hydroxylation sites is 1. The Balaban J connectivity index is 1.61. The molecule has 20 heavy (non-hydrogen) atoms. The molecule has 0 spiro atoms. The minimum absolute atomic E-state index is 0.848. The Bertz CT molecular complexity index is 391. The number of hydrogen-bond donors (Lipinski definition) is 0. The maximum atomic E-state index is 5.92. The van der Waals surface area contributed by atoms with E-state index in [1.165, 1.54) is 44.5 Å². The third kappa shape index (κ3) is 4.82. The second kappa shape index (κ2) is 8.31. The molecule has 2 rings (SSSR count). The molecular formula is C18H29NO. The van der Waals surface area contributed by atoms with E-state index < -0.39 is 0 Å². The number of aryl methyl sites for hydroxylation is 1. The van der Waals surface area contributed by atoms with Gasteiger partial charge >= 0.3 is 0 Å². The van der Waals surface area contributed by atoms with E-state index in [1.807, 2.05) is 0 Å². The predicted octanol–water partition coefficient (Wildman–Crippen LogP) is 4.14. The predicted molar refractivity (Wildman–Crippen MR) is 85.4 cm³/mol. The van der Waals surface area contributed by atoms with Crippen LogP contribution in [0.4, 0.5) is 0 Å². The SMILES string of the molecule is CCc1ccccc1OCCCCN1CCC[C@@H](C)C1. The molecule has 1 aliphatic heterocycles. The molecule has 1 heterocycles. The monoisotopic (exact) mass is 275 g/mol. The summed E-state index contributed by atoms with van der Waals surface area (Å²) in [6, 6.07) is 8.39. The van der Waals surface area contributed by atoms with E-state index in [-0.39, 0.29) is 0 Å². The summed E-state index contributed by atoms with van der Waals surface area (Å²) in [5.41, 5.74) is 1.32.